The normalized spacial score (nSPS) is 27.9. The first-order chi connectivity index (χ1) is 10.9. The highest BCUT2D eigenvalue weighted by molar-refractivity contribution is 6.02. The number of aryl methyl sites for hydroxylation is 1. The number of nitrogens with one attached hydrogen (secondary N) is 2. The largest absolute Gasteiger partial charge is 0.350 e. The molecule has 2 fully saturated rings. The molecule has 0 spiro atoms. The first-order valence-electron chi connectivity index (χ1n) is 7.44. The number of hydrogen-bond donors (Lipinski definition) is 2. The molecule has 2 aromatic heterocycles. The summed E-state index contributed by atoms with van der Waals surface area (Å²) in [6.45, 7) is -0.0807. The highest BCUT2D eigenvalue weighted by Gasteiger charge is 2.81. The van der Waals surface area contributed by atoms with Gasteiger partial charge in [-0.05, 0) is 12.8 Å². The van der Waals surface area contributed by atoms with E-state index in [1.54, 1.807) is 0 Å². The van der Waals surface area contributed by atoms with Crippen LogP contribution in [-0.4, -0.2) is 38.1 Å². The first kappa shape index (κ1) is 14.3. The number of H-pyrrole nitrogens is 1. The van der Waals surface area contributed by atoms with Gasteiger partial charge in [-0.3, -0.25) is 14.7 Å². The molecule has 2 aliphatic rings. The Bertz CT molecular complexity index is 874. The van der Waals surface area contributed by atoms with Crippen molar-refractivity contribution in [3.63, 3.8) is 0 Å². The molecule has 0 bridgehead atoms. The molecule has 2 heterocycles. The van der Waals surface area contributed by atoms with E-state index >= 15 is 0 Å². The molecule has 122 valence electrons. The summed E-state index contributed by atoms with van der Waals surface area (Å²) in [6.07, 6.45) is 2.98. The smallest absolute Gasteiger partial charge is 0.279 e. The van der Waals surface area contributed by atoms with Crippen LogP contribution in [0.15, 0.2) is 11.1 Å². The second-order valence-electron chi connectivity index (χ2n) is 6.36. The summed E-state index contributed by atoms with van der Waals surface area (Å²) in [5.74, 6) is -3.92. The third kappa shape index (κ3) is 1.73. The fourth-order valence-corrected chi connectivity index (χ4v) is 3.80. The van der Waals surface area contributed by atoms with Crippen molar-refractivity contribution in [2.24, 2.45) is 18.4 Å². The predicted molar refractivity (Wildman–Crippen MR) is 76.2 cm³/mol. The average molecular weight is 323 g/mol. The lowest BCUT2D eigenvalue weighted by atomic mass is 10.0. The van der Waals surface area contributed by atoms with Crippen LogP contribution in [0.5, 0.6) is 0 Å². The zero-order valence-corrected chi connectivity index (χ0v) is 12.4. The summed E-state index contributed by atoms with van der Waals surface area (Å²) in [5.41, 5.74) is -1.24. The molecule has 2 unspecified atom stereocenters. The van der Waals surface area contributed by atoms with Crippen LogP contribution in [0.3, 0.4) is 0 Å². The zero-order chi connectivity index (χ0) is 16.4. The van der Waals surface area contributed by atoms with Crippen LogP contribution in [0.4, 0.5) is 8.78 Å². The quantitative estimate of drug-likeness (QED) is 0.875. The van der Waals surface area contributed by atoms with Gasteiger partial charge in [0, 0.05) is 19.5 Å². The number of aromatic nitrogens is 4. The summed E-state index contributed by atoms with van der Waals surface area (Å²) in [6, 6.07) is 0. The fraction of sp³-hybridized carbons (Fsp3) is 0.571. The Labute approximate surface area is 129 Å². The topological polar surface area (TPSA) is 92.7 Å². The van der Waals surface area contributed by atoms with Gasteiger partial charge in [-0.25, -0.2) is 13.8 Å². The van der Waals surface area contributed by atoms with Crippen LogP contribution < -0.4 is 10.9 Å². The molecule has 2 atom stereocenters. The van der Waals surface area contributed by atoms with Crippen LogP contribution in [-0.2, 0) is 7.05 Å². The monoisotopic (exact) mass is 323 g/mol. The van der Waals surface area contributed by atoms with Crippen molar-refractivity contribution >= 4 is 16.9 Å². The predicted octanol–water partition coefficient (Wildman–Crippen LogP) is 0.822. The summed E-state index contributed by atoms with van der Waals surface area (Å²) in [7, 11) is 1.53. The number of hydrogen-bond acceptors (Lipinski definition) is 4. The number of alkyl halides is 2. The maximum Gasteiger partial charge on any atom is 0.279 e. The van der Waals surface area contributed by atoms with Gasteiger partial charge in [0.1, 0.15) is 5.52 Å². The van der Waals surface area contributed by atoms with Crippen LogP contribution >= 0.6 is 0 Å². The van der Waals surface area contributed by atoms with Crippen LogP contribution in [0.25, 0.3) is 11.0 Å². The van der Waals surface area contributed by atoms with E-state index in [-0.39, 0.29) is 28.8 Å². The van der Waals surface area contributed by atoms with Gasteiger partial charge in [0.25, 0.3) is 17.4 Å². The lowest BCUT2D eigenvalue weighted by Gasteiger charge is -2.14. The average Bonchev–Trinajstić information content (AvgIpc) is 2.97. The minimum Gasteiger partial charge on any atom is -0.350 e. The molecule has 1 amide bonds. The highest BCUT2D eigenvalue weighted by atomic mass is 19.3. The lowest BCUT2D eigenvalue weighted by molar-refractivity contribution is 0.0440. The Morgan fingerprint density at radius 3 is 3.04 bits per heavy atom. The molecule has 2 saturated carbocycles. The molecular weight excluding hydrogens is 308 g/mol. The Morgan fingerprint density at radius 2 is 2.35 bits per heavy atom. The van der Waals surface area contributed by atoms with Crippen LogP contribution in [0.1, 0.15) is 29.8 Å². The molecule has 0 radical (unpaired) electrons. The number of carbonyl (C=O) groups is 1. The number of amides is 1. The molecule has 0 aromatic carbocycles. The molecule has 9 heteroatoms. The fourth-order valence-electron chi connectivity index (χ4n) is 3.80. The van der Waals surface area contributed by atoms with Gasteiger partial charge in [0.15, 0.2) is 11.2 Å². The number of nitrogens with zero attached hydrogens (tertiary/aromatic N) is 3. The number of fused-ring (bicyclic) bond motifs is 2. The van der Waals surface area contributed by atoms with Gasteiger partial charge in [-0.2, -0.15) is 5.10 Å². The summed E-state index contributed by atoms with van der Waals surface area (Å²) in [5, 5.41) is 8.84. The standard InChI is InChI=1S/C14H15F2N5O2/c1-21-6-18-8-9(19-20-10(8)12(21)23)11(22)17-5-13-4-2-3-7(13)14(13,15)16/h6-7H,2-5H2,1H3,(H,17,22)(H,19,20). The van der Waals surface area contributed by atoms with Gasteiger partial charge in [-0.1, -0.05) is 6.42 Å². The molecular formula is C14H15F2N5O2. The minimum absolute atomic E-state index is 0.0485. The van der Waals surface area contributed by atoms with Crippen molar-refractivity contribution in [3.8, 4) is 0 Å². The van der Waals surface area contributed by atoms with E-state index in [2.05, 4.69) is 20.5 Å². The van der Waals surface area contributed by atoms with Gasteiger partial charge < -0.3 is 9.88 Å². The Balaban J connectivity index is 1.57. The van der Waals surface area contributed by atoms with Crippen molar-refractivity contribution in [1.29, 1.82) is 0 Å². The second kappa shape index (κ2) is 4.36. The Kier molecular flexibility index (Phi) is 2.71. The summed E-state index contributed by atoms with van der Waals surface area (Å²) < 4.78 is 28.9. The molecule has 7 nitrogen and oxygen atoms in total. The highest BCUT2D eigenvalue weighted by Crippen LogP contribution is 2.73. The molecule has 2 aromatic rings. The van der Waals surface area contributed by atoms with E-state index in [1.807, 2.05) is 0 Å². The van der Waals surface area contributed by atoms with Crippen molar-refractivity contribution in [3.05, 3.63) is 22.4 Å². The van der Waals surface area contributed by atoms with E-state index in [1.165, 1.54) is 17.9 Å². The minimum atomic E-state index is -2.69. The summed E-state index contributed by atoms with van der Waals surface area (Å²) >= 11 is 0. The van der Waals surface area contributed by atoms with Crippen LogP contribution in [0, 0.1) is 11.3 Å². The Hall–Kier alpha value is -2.32. The van der Waals surface area contributed by atoms with Gasteiger partial charge >= 0.3 is 0 Å². The zero-order valence-electron chi connectivity index (χ0n) is 12.4. The molecule has 4 rings (SSSR count). The number of halogens is 2. The molecule has 23 heavy (non-hydrogen) atoms. The van der Waals surface area contributed by atoms with Gasteiger partial charge in [0.05, 0.1) is 11.7 Å². The number of carbonyl (C=O) groups excluding carboxylic acids is 1. The van der Waals surface area contributed by atoms with E-state index in [0.29, 0.717) is 12.8 Å². The van der Waals surface area contributed by atoms with Crippen molar-refractivity contribution in [2.75, 3.05) is 6.54 Å². The molecule has 0 aliphatic heterocycles. The first-order valence-corrected chi connectivity index (χ1v) is 7.44. The van der Waals surface area contributed by atoms with Crippen LogP contribution in [0.2, 0.25) is 0 Å². The third-order valence-electron chi connectivity index (χ3n) is 5.22. The number of aromatic amines is 1. The SMILES string of the molecule is Cn1cnc2c(C(=O)NCC34CCCC3C4(F)F)n[nH]c2c1=O. The van der Waals surface area contributed by atoms with E-state index in [0.717, 1.165) is 6.42 Å². The Morgan fingerprint density at radius 1 is 1.57 bits per heavy atom. The maximum absolute atomic E-state index is 13.8. The second-order valence-corrected chi connectivity index (χ2v) is 6.36. The number of rotatable bonds is 3. The van der Waals surface area contributed by atoms with E-state index < -0.39 is 23.2 Å². The third-order valence-corrected chi connectivity index (χ3v) is 5.22. The lowest BCUT2D eigenvalue weighted by Crippen LogP contribution is -2.33. The van der Waals surface area contributed by atoms with Gasteiger partial charge in [0.2, 0.25) is 0 Å². The van der Waals surface area contributed by atoms with E-state index in [4.69, 9.17) is 0 Å². The molecule has 0 saturated heterocycles. The van der Waals surface area contributed by atoms with Crippen molar-refractivity contribution in [2.45, 2.75) is 25.2 Å². The van der Waals surface area contributed by atoms with Crippen molar-refractivity contribution in [1.82, 2.24) is 25.1 Å². The maximum atomic E-state index is 13.8. The molecule has 2 aliphatic carbocycles. The molecule has 2 N–H and O–H groups in total. The van der Waals surface area contributed by atoms with Gasteiger partial charge in [-0.15, -0.1) is 0 Å². The van der Waals surface area contributed by atoms with E-state index in [9.17, 15) is 18.4 Å². The van der Waals surface area contributed by atoms with Crippen molar-refractivity contribution < 1.29 is 13.6 Å². The summed E-state index contributed by atoms with van der Waals surface area (Å²) in [4.78, 5) is 28.2.